The van der Waals surface area contributed by atoms with E-state index in [1.807, 2.05) is 11.6 Å². The van der Waals surface area contributed by atoms with Crippen molar-refractivity contribution in [1.82, 2.24) is 14.8 Å². The van der Waals surface area contributed by atoms with Gasteiger partial charge in [0, 0.05) is 63.8 Å². The Bertz CT molecular complexity index is 460. The van der Waals surface area contributed by atoms with Crippen LogP contribution in [0.1, 0.15) is 12.8 Å². The summed E-state index contributed by atoms with van der Waals surface area (Å²) in [4.78, 5) is 22.3. The molecule has 0 saturated carbocycles. The second kappa shape index (κ2) is 6.72. The van der Waals surface area contributed by atoms with Gasteiger partial charge in [-0.1, -0.05) is 0 Å². The molecule has 1 aromatic heterocycles. The van der Waals surface area contributed by atoms with Crippen LogP contribution in [0.5, 0.6) is 0 Å². The second-order valence-corrected chi connectivity index (χ2v) is 6.57. The Balaban J connectivity index is 1.41. The number of hydrogen-bond acceptors (Lipinski definition) is 6. The molecule has 2 saturated heterocycles. The summed E-state index contributed by atoms with van der Waals surface area (Å²) in [6.45, 7) is 5.69. The predicted molar refractivity (Wildman–Crippen MR) is 82.6 cm³/mol. The molecule has 0 aliphatic carbocycles. The normalized spacial score (nSPS) is 22.0. The summed E-state index contributed by atoms with van der Waals surface area (Å²) in [6.07, 6.45) is 2.96. The lowest BCUT2D eigenvalue weighted by Gasteiger charge is -2.35. The molecule has 3 rings (SSSR count). The lowest BCUT2D eigenvalue weighted by atomic mass is 10.2. The smallest absolute Gasteiger partial charge is 0.222 e. The fourth-order valence-electron chi connectivity index (χ4n) is 3.00. The van der Waals surface area contributed by atoms with Crippen molar-refractivity contribution in [2.45, 2.75) is 18.9 Å². The molecule has 6 nitrogen and oxygen atoms in total. The average Bonchev–Trinajstić information content (AvgIpc) is 3.12. The first-order chi connectivity index (χ1) is 10.2. The minimum absolute atomic E-state index is 0.183. The maximum absolute atomic E-state index is 11.6. The Morgan fingerprint density at radius 2 is 2.05 bits per heavy atom. The quantitative estimate of drug-likeness (QED) is 0.845. The molecule has 0 radical (unpaired) electrons. The first-order valence-electron chi connectivity index (χ1n) is 7.55. The number of amides is 1. The van der Waals surface area contributed by atoms with Gasteiger partial charge in [-0.2, -0.15) is 0 Å². The van der Waals surface area contributed by atoms with E-state index >= 15 is 0 Å². The van der Waals surface area contributed by atoms with E-state index in [0.717, 1.165) is 44.3 Å². The number of anilines is 1. The van der Waals surface area contributed by atoms with E-state index in [1.54, 1.807) is 16.2 Å². The maximum atomic E-state index is 11.6. The van der Waals surface area contributed by atoms with E-state index in [2.05, 4.69) is 14.8 Å². The summed E-state index contributed by atoms with van der Waals surface area (Å²) in [5, 5.41) is 13.2. The first kappa shape index (κ1) is 14.7. The Hall–Kier alpha value is -1.18. The number of likely N-dealkylation sites (tertiary alicyclic amines) is 1. The van der Waals surface area contributed by atoms with Gasteiger partial charge in [-0.15, -0.1) is 11.3 Å². The fraction of sp³-hybridized carbons (Fsp3) is 0.714. The van der Waals surface area contributed by atoms with Gasteiger partial charge in [-0.3, -0.25) is 9.69 Å². The molecule has 1 aromatic rings. The van der Waals surface area contributed by atoms with Crippen LogP contribution in [0.2, 0.25) is 0 Å². The predicted octanol–water partition coefficient (Wildman–Crippen LogP) is 0.248. The SMILES string of the molecule is O=C1CCCN1CC(O)CN1CCN(c2nccs2)CC1. The van der Waals surface area contributed by atoms with E-state index in [-0.39, 0.29) is 5.91 Å². The van der Waals surface area contributed by atoms with Crippen LogP contribution in [-0.4, -0.2) is 77.7 Å². The number of hydrogen-bond donors (Lipinski definition) is 1. The highest BCUT2D eigenvalue weighted by atomic mass is 32.1. The van der Waals surface area contributed by atoms with Crippen LogP contribution < -0.4 is 4.90 Å². The van der Waals surface area contributed by atoms with E-state index in [4.69, 9.17) is 0 Å². The standard InChI is InChI=1S/C14H22N4O2S/c19-12(11-18-4-1-2-13(18)20)10-16-5-7-17(8-6-16)14-15-3-9-21-14/h3,9,12,19H,1-2,4-8,10-11H2. The van der Waals surface area contributed by atoms with Gasteiger partial charge >= 0.3 is 0 Å². The Morgan fingerprint density at radius 3 is 2.67 bits per heavy atom. The minimum atomic E-state index is -0.446. The number of carbonyl (C=O) groups is 1. The van der Waals surface area contributed by atoms with E-state index < -0.39 is 6.10 Å². The number of β-amino-alcohol motifs (C(OH)–C–C–N with tert-alkyl or cyclic N) is 1. The monoisotopic (exact) mass is 310 g/mol. The zero-order valence-electron chi connectivity index (χ0n) is 12.1. The lowest BCUT2D eigenvalue weighted by molar-refractivity contribution is -0.129. The number of rotatable bonds is 5. The summed E-state index contributed by atoms with van der Waals surface area (Å²) in [5.41, 5.74) is 0. The number of carbonyl (C=O) groups excluding carboxylic acids is 1. The molecule has 2 aliphatic rings. The Morgan fingerprint density at radius 1 is 1.24 bits per heavy atom. The molecular weight excluding hydrogens is 288 g/mol. The first-order valence-corrected chi connectivity index (χ1v) is 8.43. The van der Waals surface area contributed by atoms with Gasteiger partial charge < -0.3 is 14.9 Å². The van der Waals surface area contributed by atoms with Crippen molar-refractivity contribution in [3.8, 4) is 0 Å². The maximum Gasteiger partial charge on any atom is 0.222 e. The molecule has 116 valence electrons. The van der Waals surface area contributed by atoms with Crippen molar-refractivity contribution in [3.63, 3.8) is 0 Å². The van der Waals surface area contributed by atoms with Crippen LogP contribution in [0.3, 0.4) is 0 Å². The zero-order valence-corrected chi connectivity index (χ0v) is 13.0. The van der Waals surface area contributed by atoms with E-state index in [9.17, 15) is 9.90 Å². The van der Waals surface area contributed by atoms with Crippen molar-refractivity contribution in [2.75, 3.05) is 50.7 Å². The van der Waals surface area contributed by atoms with Gasteiger partial charge in [0.2, 0.25) is 5.91 Å². The minimum Gasteiger partial charge on any atom is -0.390 e. The molecule has 1 atom stereocenters. The van der Waals surface area contributed by atoms with Gasteiger partial charge in [-0.25, -0.2) is 4.98 Å². The van der Waals surface area contributed by atoms with Gasteiger partial charge in [0.15, 0.2) is 5.13 Å². The molecule has 3 heterocycles. The van der Waals surface area contributed by atoms with Crippen LogP contribution in [0.4, 0.5) is 5.13 Å². The third kappa shape index (κ3) is 3.72. The van der Waals surface area contributed by atoms with Crippen LogP contribution in [0.15, 0.2) is 11.6 Å². The number of aromatic nitrogens is 1. The number of nitrogens with zero attached hydrogens (tertiary/aromatic N) is 4. The second-order valence-electron chi connectivity index (χ2n) is 5.70. The number of thiazole rings is 1. The van der Waals surface area contributed by atoms with Gasteiger partial charge in [-0.05, 0) is 6.42 Å². The summed E-state index contributed by atoms with van der Waals surface area (Å²) >= 11 is 1.67. The molecule has 21 heavy (non-hydrogen) atoms. The lowest BCUT2D eigenvalue weighted by Crippen LogP contribution is -2.50. The largest absolute Gasteiger partial charge is 0.390 e. The molecular formula is C14H22N4O2S. The van der Waals surface area contributed by atoms with Crippen molar-refractivity contribution >= 4 is 22.4 Å². The molecule has 2 aliphatic heterocycles. The average molecular weight is 310 g/mol. The molecule has 7 heteroatoms. The zero-order chi connectivity index (χ0) is 14.7. The molecule has 1 amide bonds. The fourth-order valence-corrected chi connectivity index (χ4v) is 3.70. The third-order valence-corrected chi connectivity index (χ3v) is 4.97. The number of aliphatic hydroxyl groups is 1. The topological polar surface area (TPSA) is 59.9 Å². The highest BCUT2D eigenvalue weighted by Gasteiger charge is 2.25. The molecule has 0 bridgehead atoms. The van der Waals surface area contributed by atoms with Crippen LogP contribution in [-0.2, 0) is 4.79 Å². The number of piperazine rings is 1. The van der Waals surface area contributed by atoms with E-state index in [1.165, 1.54) is 0 Å². The van der Waals surface area contributed by atoms with Gasteiger partial charge in [0.05, 0.1) is 6.10 Å². The molecule has 1 N–H and O–H groups in total. The summed E-state index contributed by atoms with van der Waals surface area (Å²) in [6, 6.07) is 0. The summed E-state index contributed by atoms with van der Waals surface area (Å²) in [7, 11) is 0. The van der Waals surface area contributed by atoms with Crippen molar-refractivity contribution in [1.29, 1.82) is 0 Å². The Labute approximate surface area is 129 Å². The van der Waals surface area contributed by atoms with Crippen molar-refractivity contribution in [3.05, 3.63) is 11.6 Å². The molecule has 2 fully saturated rings. The van der Waals surface area contributed by atoms with Gasteiger partial charge in [0.1, 0.15) is 0 Å². The van der Waals surface area contributed by atoms with Crippen LogP contribution >= 0.6 is 11.3 Å². The van der Waals surface area contributed by atoms with Crippen LogP contribution in [0.25, 0.3) is 0 Å². The summed E-state index contributed by atoms with van der Waals surface area (Å²) in [5.74, 6) is 0.183. The summed E-state index contributed by atoms with van der Waals surface area (Å²) < 4.78 is 0. The Kier molecular flexibility index (Phi) is 4.72. The molecule has 1 unspecified atom stereocenters. The molecule has 0 aromatic carbocycles. The van der Waals surface area contributed by atoms with E-state index in [0.29, 0.717) is 19.5 Å². The van der Waals surface area contributed by atoms with Crippen LogP contribution in [0, 0.1) is 0 Å². The highest BCUT2D eigenvalue weighted by Crippen LogP contribution is 2.19. The van der Waals surface area contributed by atoms with Gasteiger partial charge in [0.25, 0.3) is 0 Å². The number of aliphatic hydroxyl groups excluding tert-OH is 1. The highest BCUT2D eigenvalue weighted by molar-refractivity contribution is 7.13. The van der Waals surface area contributed by atoms with Crippen molar-refractivity contribution < 1.29 is 9.90 Å². The van der Waals surface area contributed by atoms with Crippen molar-refractivity contribution in [2.24, 2.45) is 0 Å². The molecule has 0 spiro atoms. The third-order valence-electron chi connectivity index (χ3n) is 4.13.